The number of hydrogen-bond donors (Lipinski definition) is 0. The highest BCUT2D eigenvalue weighted by atomic mass is 32.2. The lowest BCUT2D eigenvalue weighted by Gasteiger charge is -2.38. The number of hydrogen-bond acceptors (Lipinski definition) is 3. The molecule has 1 saturated carbocycles. The SMILES string of the molecule is O=S([O-])OC1(CC(F)(F)F)CCCC(F)C1. The summed E-state index contributed by atoms with van der Waals surface area (Å²) < 4.78 is 74.8. The van der Waals surface area contributed by atoms with Gasteiger partial charge in [0, 0.05) is 6.42 Å². The normalized spacial score (nSPS) is 33.7. The minimum Gasteiger partial charge on any atom is -0.750 e. The Labute approximate surface area is 92.7 Å². The molecular weight excluding hydrogens is 252 g/mol. The highest BCUT2D eigenvalue weighted by Crippen LogP contribution is 2.41. The Morgan fingerprint density at radius 2 is 2.12 bits per heavy atom. The summed E-state index contributed by atoms with van der Waals surface area (Å²) in [6, 6.07) is 0. The van der Waals surface area contributed by atoms with E-state index in [4.69, 9.17) is 0 Å². The Hall–Kier alpha value is -0.210. The smallest absolute Gasteiger partial charge is 0.391 e. The molecule has 3 unspecified atom stereocenters. The second-order valence-corrected chi connectivity index (χ2v) is 4.53. The predicted octanol–water partition coefficient (Wildman–Crippen LogP) is 2.40. The maximum Gasteiger partial charge on any atom is 0.391 e. The molecule has 3 atom stereocenters. The molecule has 0 spiro atoms. The van der Waals surface area contributed by atoms with Crippen molar-refractivity contribution in [2.45, 2.75) is 50.1 Å². The van der Waals surface area contributed by atoms with E-state index in [-0.39, 0.29) is 19.3 Å². The Morgan fingerprint density at radius 3 is 2.56 bits per heavy atom. The van der Waals surface area contributed by atoms with Crippen molar-refractivity contribution >= 4 is 11.4 Å². The lowest BCUT2D eigenvalue weighted by Crippen LogP contribution is -2.43. The number of halogens is 4. The van der Waals surface area contributed by atoms with Crippen molar-refractivity contribution < 1.29 is 30.5 Å². The van der Waals surface area contributed by atoms with Crippen LogP contribution in [0.1, 0.15) is 32.1 Å². The second-order valence-electron chi connectivity index (χ2n) is 3.96. The van der Waals surface area contributed by atoms with Crippen molar-refractivity contribution in [1.29, 1.82) is 0 Å². The van der Waals surface area contributed by atoms with Crippen molar-refractivity contribution in [3.05, 3.63) is 0 Å². The van der Waals surface area contributed by atoms with Gasteiger partial charge >= 0.3 is 6.18 Å². The van der Waals surface area contributed by atoms with Gasteiger partial charge in [-0.1, -0.05) is 0 Å². The van der Waals surface area contributed by atoms with Crippen LogP contribution in [0.2, 0.25) is 0 Å². The molecule has 8 heteroatoms. The Bertz CT molecular complexity index is 270. The first kappa shape index (κ1) is 13.9. The summed E-state index contributed by atoms with van der Waals surface area (Å²) in [6.45, 7) is 0. The van der Waals surface area contributed by atoms with Crippen molar-refractivity contribution in [2.24, 2.45) is 0 Å². The van der Waals surface area contributed by atoms with Crippen LogP contribution in [0.25, 0.3) is 0 Å². The van der Waals surface area contributed by atoms with E-state index in [2.05, 4.69) is 4.18 Å². The van der Waals surface area contributed by atoms with E-state index < -0.39 is 42.2 Å². The molecule has 0 N–H and O–H groups in total. The molecule has 96 valence electrons. The topological polar surface area (TPSA) is 49.4 Å². The molecule has 0 aromatic carbocycles. The van der Waals surface area contributed by atoms with Crippen LogP contribution in [0, 0.1) is 0 Å². The van der Waals surface area contributed by atoms with Gasteiger partial charge in [-0.25, -0.2) is 8.60 Å². The second kappa shape index (κ2) is 4.97. The maximum absolute atomic E-state index is 13.1. The lowest BCUT2D eigenvalue weighted by atomic mass is 9.81. The lowest BCUT2D eigenvalue weighted by molar-refractivity contribution is -0.178. The molecule has 1 fully saturated rings. The molecule has 1 aliphatic carbocycles. The Morgan fingerprint density at radius 1 is 1.50 bits per heavy atom. The number of rotatable bonds is 3. The third-order valence-corrected chi connectivity index (χ3v) is 3.00. The number of alkyl halides is 4. The van der Waals surface area contributed by atoms with Gasteiger partial charge in [-0.15, -0.1) is 0 Å². The average Bonchev–Trinajstić information content (AvgIpc) is 1.96. The molecule has 0 aromatic rings. The quantitative estimate of drug-likeness (QED) is 0.580. The van der Waals surface area contributed by atoms with Gasteiger partial charge in [0.15, 0.2) is 0 Å². The van der Waals surface area contributed by atoms with Crippen molar-refractivity contribution in [3.8, 4) is 0 Å². The largest absolute Gasteiger partial charge is 0.750 e. The third kappa shape index (κ3) is 4.34. The van der Waals surface area contributed by atoms with Crippen LogP contribution in [-0.4, -0.2) is 26.7 Å². The van der Waals surface area contributed by atoms with Gasteiger partial charge < -0.3 is 4.55 Å². The van der Waals surface area contributed by atoms with Gasteiger partial charge in [0.25, 0.3) is 0 Å². The van der Waals surface area contributed by atoms with E-state index >= 15 is 0 Å². The average molecular weight is 263 g/mol. The fourth-order valence-corrected chi connectivity index (χ4v) is 2.53. The zero-order valence-electron chi connectivity index (χ0n) is 8.26. The maximum atomic E-state index is 13.1. The molecule has 16 heavy (non-hydrogen) atoms. The summed E-state index contributed by atoms with van der Waals surface area (Å²) in [5, 5.41) is 0. The van der Waals surface area contributed by atoms with Gasteiger partial charge in [0.2, 0.25) is 0 Å². The molecular formula is C8H11F4O3S-. The predicted molar refractivity (Wildman–Crippen MR) is 46.8 cm³/mol. The van der Waals surface area contributed by atoms with Crippen LogP contribution in [-0.2, 0) is 15.5 Å². The summed E-state index contributed by atoms with van der Waals surface area (Å²) in [6.07, 6.45) is -7.74. The first-order valence-electron chi connectivity index (χ1n) is 4.72. The van der Waals surface area contributed by atoms with Crippen LogP contribution in [0.15, 0.2) is 0 Å². The zero-order valence-corrected chi connectivity index (χ0v) is 9.07. The molecule has 0 radical (unpaired) electrons. The first-order valence-corrected chi connectivity index (χ1v) is 5.72. The van der Waals surface area contributed by atoms with E-state index in [1.54, 1.807) is 0 Å². The zero-order chi connectivity index (χ0) is 12.4. The first-order chi connectivity index (χ1) is 7.22. The summed E-state index contributed by atoms with van der Waals surface area (Å²) >= 11 is -3.07. The Balaban J connectivity index is 2.79. The molecule has 0 heterocycles. The minimum atomic E-state index is -4.57. The highest BCUT2D eigenvalue weighted by Gasteiger charge is 2.47. The Kier molecular flexibility index (Phi) is 4.30. The van der Waals surface area contributed by atoms with Crippen LogP contribution in [0.4, 0.5) is 17.6 Å². The van der Waals surface area contributed by atoms with Gasteiger partial charge in [0.1, 0.15) is 6.17 Å². The van der Waals surface area contributed by atoms with E-state index in [0.29, 0.717) is 0 Å². The standard InChI is InChI=1S/C8H12F4O3S/c9-6-2-1-3-7(4-6,15-16(13)14)5-8(10,11)12/h6H,1-5H2,(H,13,14)/p-1. The van der Waals surface area contributed by atoms with Crippen LogP contribution in [0.5, 0.6) is 0 Å². The van der Waals surface area contributed by atoms with Gasteiger partial charge in [0.05, 0.1) is 23.4 Å². The van der Waals surface area contributed by atoms with E-state index in [9.17, 15) is 26.3 Å². The molecule has 0 aliphatic heterocycles. The molecule has 1 aliphatic rings. The van der Waals surface area contributed by atoms with Gasteiger partial charge in [-0.3, -0.25) is 4.18 Å². The summed E-state index contributed by atoms with van der Waals surface area (Å²) in [7, 11) is 0. The van der Waals surface area contributed by atoms with E-state index in [0.717, 1.165) is 0 Å². The van der Waals surface area contributed by atoms with E-state index in [1.807, 2.05) is 0 Å². The van der Waals surface area contributed by atoms with Gasteiger partial charge in [-0.2, -0.15) is 13.2 Å². The molecule has 0 bridgehead atoms. The third-order valence-electron chi connectivity index (χ3n) is 2.51. The van der Waals surface area contributed by atoms with Crippen LogP contribution < -0.4 is 0 Å². The van der Waals surface area contributed by atoms with Crippen molar-refractivity contribution in [1.82, 2.24) is 0 Å². The summed E-state index contributed by atoms with van der Waals surface area (Å²) in [5.41, 5.74) is -1.96. The molecule has 0 aromatic heterocycles. The van der Waals surface area contributed by atoms with Gasteiger partial charge in [-0.05, 0) is 19.3 Å². The monoisotopic (exact) mass is 263 g/mol. The summed E-state index contributed by atoms with van der Waals surface area (Å²) in [4.78, 5) is 0. The minimum absolute atomic E-state index is 0.0963. The van der Waals surface area contributed by atoms with Crippen LogP contribution >= 0.6 is 0 Å². The van der Waals surface area contributed by atoms with E-state index in [1.165, 1.54) is 0 Å². The molecule has 3 nitrogen and oxygen atoms in total. The highest BCUT2D eigenvalue weighted by molar-refractivity contribution is 7.74. The van der Waals surface area contributed by atoms with Crippen LogP contribution in [0.3, 0.4) is 0 Å². The molecule has 0 amide bonds. The summed E-state index contributed by atoms with van der Waals surface area (Å²) in [5.74, 6) is 0. The fraction of sp³-hybridized carbons (Fsp3) is 1.00. The molecule has 0 saturated heterocycles. The van der Waals surface area contributed by atoms with Crippen molar-refractivity contribution in [2.75, 3.05) is 0 Å². The van der Waals surface area contributed by atoms with Crippen molar-refractivity contribution in [3.63, 3.8) is 0 Å². The molecule has 1 rings (SSSR count). The fourth-order valence-electron chi connectivity index (χ4n) is 2.03.